The number of pyridine rings is 1. The van der Waals surface area contributed by atoms with Crippen LogP contribution in [-0.4, -0.2) is 49.0 Å². The lowest BCUT2D eigenvalue weighted by atomic mass is 10.1. The molecule has 0 unspecified atom stereocenters. The standard InChI is InChI=1S/C19H24N4O/c1-15-4-3-5-16(12-15)13-21-19(24)18-7-6-17(14-20-18)23-10-8-22(2)9-11-23/h3-7,12,14H,8-11,13H2,1-2H3,(H,21,24). The zero-order chi connectivity index (χ0) is 16.9. The molecule has 24 heavy (non-hydrogen) atoms. The fourth-order valence-electron chi connectivity index (χ4n) is 2.87. The fraction of sp³-hybridized carbons (Fsp3) is 0.368. The van der Waals surface area contributed by atoms with Gasteiger partial charge >= 0.3 is 0 Å². The molecule has 2 heterocycles. The highest BCUT2D eigenvalue weighted by atomic mass is 16.1. The van der Waals surface area contributed by atoms with Crippen molar-refractivity contribution in [1.29, 1.82) is 0 Å². The Hall–Kier alpha value is -2.40. The van der Waals surface area contributed by atoms with Gasteiger partial charge in [0.05, 0.1) is 11.9 Å². The maximum absolute atomic E-state index is 12.2. The number of rotatable bonds is 4. The van der Waals surface area contributed by atoms with Gasteiger partial charge in [0.2, 0.25) is 0 Å². The van der Waals surface area contributed by atoms with E-state index in [1.54, 1.807) is 12.3 Å². The minimum atomic E-state index is -0.138. The number of hydrogen-bond donors (Lipinski definition) is 1. The Labute approximate surface area is 143 Å². The second-order valence-corrected chi connectivity index (χ2v) is 6.36. The van der Waals surface area contributed by atoms with Crippen LogP contribution in [0.4, 0.5) is 5.69 Å². The normalized spacial score (nSPS) is 15.3. The number of aromatic nitrogens is 1. The van der Waals surface area contributed by atoms with Gasteiger partial charge in [-0.3, -0.25) is 4.79 Å². The van der Waals surface area contributed by atoms with Crippen molar-refractivity contribution in [3.05, 3.63) is 59.4 Å². The molecule has 1 saturated heterocycles. The van der Waals surface area contributed by atoms with E-state index in [1.807, 2.05) is 31.2 Å². The highest BCUT2D eigenvalue weighted by Crippen LogP contribution is 2.15. The fourth-order valence-corrected chi connectivity index (χ4v) is 2.87. The van der Waals surface area contributed by atoms with Gasteiger partial charge in [0.25, 0.3) is 5.91 Å². The molecule has 5 heteroatoms. The van der Waals surface area contributed by atoms with Gasteiger partial charge < -0.3 is 15.1 Å². The van der Waals surface area contributed by atoms with Gasteiger partial charge in [-0.1, -0.05) is 29.8 Å². The molecule has 0 bridgehead atoms. The monoisotopic (exact) mass is 324 g/mol. The minimum absolute atomic E-state index is 0.138. The van der Waals surface area contributed by atoms with Gasteiger partial charge in [-0.05, 0) is 31.7 Å². The predicted molar refractivity (Wildman–Crippen MR) is 96.3 cm³/mol. The number of carbonyl (C=O) groups is 1. The second kappa shape index (κ2) is 7.45. The summed E-state index contributed by atoms with van der Waals surface area (Å²) in [4.78, 5) is 21.2. The maximum Gasteiger partial charge on any atom is 0.270 e. The molecule has 0 atom stereocenters. The molecule has 0 aliphatic carbocycles. The number of hydrogen-bond acceptors (Lipinski definition) is 4. The van der Waals surface area contributed by atoms with Crippen LogP contribution in [-0.2, 0) is 6.54 Å². The van der Waals surface area contributed by atoms with Crippen molar-refractivity contribution in [3.63, 3.8) is 0 Å². The van der Waals surface area contributed by atoms with E-state index >= 15 is 0 Å². The summed E-state index contributed by atoms with van der Waals surface area (Å²) in [5, 5.41) is 2.93. The van der Waals surface area contributed by atoms with Crippen LogP contribution >= 0.6 is 0 Å². The van der Waals surface area contributed by atoms with Crippen LogP contribution in [0.25, 0.3) is 0 Å². The number of piperazine rings is 1. The third-order valence-electron chi connectivity index (χ3n) is 4.38. The van der Waals surface area contributed by atoms with E-state index in [0.29, 0.717) is 12.2 Å². The van der Waals surface area contributed by atoms with Crippen molar-refractivity contribution < 1.29 is 4.79 Å². The first-order valence-corrected chi connectivity index (χ1v) is 8.35. The van der Waals surface area contributed by atoms with Crippen LogP contribution < -0.4 is 10.2 Å². The quantitative estimate of drug-likeness (QED) is 0.935. The first kappa shape index (κ1) is 16.5. The van der Waals surface area contributed by atoms with E-state index in [4.69, 9.17) is 0 Å². The smallest absolute Gasteiger partial charge is 0.270 e. The lowest BCUT2D eigenvalue weighted by Crippen LogP contribution is -2.44. The van der Waals surface area contributed by atoms with Gasteiger partial charge in [0.15, 0.2) is 0 Å². The zero-order valence-corrected chi connectivity index (χ0v) is 14.3. The number of anilines is 1. The summed E-state index contributed by atoms with van der Waals surface area (Å²) in [5.41, 5.74) is 3.83. The Morgan fingerprint density at radius 2 is 1.96 bits per heavy atom. The highest BCUT2D eigenvalue weighted by Gasteiger charge is 2.15. The Balaban J connectivity index is 1.57. The molecule has 1 aliphatic rings. The van der Waals surface area contributed by atoms with Crippen molar-refractivity contribution >= 4 is 11.6 Å². The minimum Gasteiger partial charge on any atom is -0.368 e. The summed E-state index contributed by atoms with van der Waals surface area (Å²) in [6.07, 6.45) is 1.80. The van der Waals surface area contributed by atoms with Crippen LogP contribution in [0.2, 0.25) is 0 Å². The molecule has 126 valence electrons. The molecule has 2 aromatic rings. The number of nitrogens with one attached hydrogen (secondary N) is 1. The van der Waals surface area contributed by atoms with E-state index in [2.05, 4.69) is 33.2 Å². The van der Waals surface area contributed by atoms with Crippen LogP contribution in [0, 0.1) is 6.92 Å². The van der Waals surface area contributed by atoms with Crippen LogP contribution in [0.1, 0.15) is 21.6 Å². The van der Waals surface area contributed by atoms with Gasteiger partial charge in [-0.2, -0.15) is 0 Å². The van der Waals surface area contributed by atoms with Crippen molar-refractivity contribution in [2.45, 2.75) is 13.5 Å². The third-order valence-corrected chi connectivity index (χ3v) is 4.38. The zero-order valence-electron chi connectivity index (χ0n) is 14.3. The van der Waals surface area contributed by atoms with E-state index < -0.39 is 0 Å². The number of amides is 1. The molecule has 0 spiro atoms. The van der Waals surface area contributed by atoms with Crippen molar-refractivity contribution in [3.8, 4) is 0 Å². The molecular weight excluding hydrogens is 300 g/mol. The summed E-state index contributed by atoms with van der Waals surface area (Å²) < 4.78 is 0. The molecule has 5 nitrogen and oxygen atoms in total. The molecule has 1 aromatic heterocycles. The van der Waals surface area contributed by atoms with E-state index in [-0.39, 0.29) is 5.91 Å². The van der Waals surface area contributed by atoms with Crippen molar-refractivity contribution in [2.24, 2.45) is 0 Å². The molecule has 1 fully saturated rings. The van der Waals surface area contributed by atoms with Crippen molar-refractivity contribution in [1.82, 2.24) is 15.2 Å². The van der Waals surface area contributed by atoms with Crippen molar-refractivity contribution in [2.75, 3.05) is 38.1 Å². The molecule has 1 amide bonds. The van der Waals surface area contributed by atoms with Crippen LogP contribution in [0.15, 0.2) is 42.6 Å². The molecule has 1 aromatic carbocycles. The Morgan fingerprint density at radius 3 is 2.62 bits per heavy atom. The van der Waals surface area contributed by atoms with Gasteiger partial charge in [0, 0.05) is 32.7 Å². The number of aryl methyl sites for hydroxylation is 1. The number of benzene rings is 1. The van der Waals surface area contributed by atoms with E-state index in [1.165, 1.54) is 5.56 Å². The van der Waals surface area contributed by atoms with Crippen LogP contribution in [0.3, 0.4) is 0 Å². The Morgan fingerprint density at radius 1 is 1.17 bits per heavy atom. The molecule has 0 radical (unpaired) electrons. The summed E-state index contributed by atoms with van der Waals surface area (Å²) in [5.74, 6) is -0.138. The average Bonchev–Trinajstić information content (AvgIpc) is 2.61. The molecule has 0 saturated carbocycles. The van der Waals surface area contributed by atoms with E-state index in [0.717, 1.165) is 37.4 Å². The average molecular weight is 324 g/mol. The van der Waals surface area contributed by atoms with Gasteiger partial charge in [0.1, 0.15) is 5.69 Å². The first-order valence-electron chi connectivity index (χ1n) is 8.35. The summed E-state index contributed by atoms with van der Waals surface area (Å²) in [7, 11) is 2.14. The summed E-state index contributed by atoms with van der Waals surface area (Å²) >= 11 is 0. The highest BCUT2D eigenvalue weighted by molar-refractivity contribution is 5.92. The molecule has 1 N–H and O–H groups in total. The van der Waals surface area contributed by atoms with Gasteiger partial charge in [-0.15, -0.1) is 0 Å². The topological polar surface area (TPSA) is 48.5 Å². The number of likely N-dealkylation sites (N-methyl/N-ethyl adjacent to an activating group) is 1. The third kappa shape index (κ3) is 4.11. The van der Waals surface area contributed by atoms with Crippen LogP contribution in [0.5, 0.6) is 0 Å². The summed E-state index contributed by atoms with van der Waals surface area (Å²) in [6.45, 7) is 6.66. The maximum atomic E-state index is 12.2. The largest absolute Gasteiger partial charge is 0.368 e. The van der Waals surface area contributed by atoms with E-state index in [9.17, 15) is 4.79 Å². The number of nitrogens with zero attached hydrogens (tertiary/aromatic N) is 3. The SMILES string of the molecule is Cc1cccc(CNC(=O)c2ccc(N3CCN(C)CC3)cn2)c1. The molecule has 3 rings (SSSR count). The lowest BCUT2D eigenvalue weighted by Gasteiger charge is -2.33. The first-order chi connectivity index (χ1) is 11.6. The lowest BCUT2D eigenvalue weighted by molar-refractivity contribution is 0.0946. The number of carbonyl (C=O) groups excluding carboxylic acids is 1. The van der Waals surface area contributed by atoms with Gasteiger partial charge in [-0.25, -0.2) is 4.98 Å². The molecule has 1 aliphatic heterocycles. The predicted octanol–water partition coefficient (Wildman–Crippen LogP) is 2.07. The Kier molecular flexibility index (Phi) is 5.11. The second-order valence-electron chi connectivity index (χ2n) is 6.36. The Bertz CT molecular complexity index is 691. The molecular formula is C19H24N4O. The summed E-state index contributed by atoms with van der Waals surface area (Å²) in [6, 6.07) is 11.9.